The smallest absolute Gasteiger partial charge is 0.350 e. The van der Waals surface area contributed by atoms with Crippen LogP contribution < -0.4 is 5.32 Å². The second-order valence-electron chi connectivity index (χ2n) is 6.37. The van der Waals surface area contributed by atoms with Crippen LogP contribution in [0.15, 0.2) is 53.7 Å². The van der Waals surface area contributed by atoms with Crippen LogP contribution in [0.3, 0.4) is 0 Å². The third-order valence-electron chi connectivity index (χ3n) is 4.22. The van der Waals surface area contributed by atoms with E-state index in [4.69, 9.17) is 0 Å². The molecule has 0 spiro atoms. The molecule has 26 heavy (non-hydrogen) atoms. The summed E-state index contributed by atoms with van der Waals surface area (Å²) < 4.78 is 38.2. The fourth-order valence-electron chi connectivity index (χ4n) is 2.60. The molecule has 2 aromatic carbocycles. The second-order valence-corrected chi connectivity index (χ2v) is 6.37. The van der Waals surface area contributed by atoms with E-state index in [0.717, 1.165) is 12.1 Å². The number of aryl methyl sites for hydroxylation is 1. The molecule has 0 radical (unpaired) electrons. The minimum absolute atomic E-state index is 0.0731. The molecule has 1 aliphatic rings. The highest BCUT2D eigenvalue weighted by Crippen LogP contribution is 2.38. The topological polar surface area (TPSA) is 53.9 Å². The molecule has 0 saturated heterocycles. The van der Waals surface area contributed by atoms with Crippen LogP contribution in [0, 0.1) is 6.92 Å². The van der Waals surface area contributed by atoms with Crippen molar-refractivity contribution >= 4 is 5.71 Å². The summed E-state index contributed by atoms with van der Waals surface area (Å²) in [7, 11) is 0. The molecule has 1 unspecified atom stereocenters. The summed E-state index contributed by atoms with van der Waals surface area (Å²) in [4.78, 5) is 4.23. The summed E-state index contributed by atoms with van der Waals surface area (Å²) in [6.07, 6.45) is -5.61. The lowest BCUT2D eigenvalue weighted by atomic mass is 10.0. The van der Waals surface area contributed by atoms with Gasteiger partial charge in [0, 0.05) is 13.1 Å². The van der Waals surface area contributed by atoms with E-state index in [1.165, 1.54) is 11.1 Å². The third-order valence-corrected chi connectivity index (χ3v) is 4.22. The quantitative estimate of drug-likeness (QED) is 0.851. The van der Waals surface area contributed by atoms with Crippen molar-refractivity contribution in [1.82, 2.24) is 5.32 Å². The first-order valence-corrected chi connectivity index (χ1v) is 8.16. The molecule has 0 saturated carbocycles. The molecule has 0 fully saturated rings. The Morgan fingerprint density at radius 2 is 1.58 bits per heavy atom. The van der Waals surface area contributed by atoms with Crippen molar-refractivity contribution in [2.45, 2.75) is 38.4 Å². The first kappa shape index (κ1) is 18.4. The van der Waals surface area contributed by atoms with Crippen molar-refractivity contribution in [2.75, 3.05) is 0 Å². The zero-order valence-electron chi connectivity index (χ0n) is 14.2. The number of aliphatic hydroxyl groups is 1. The van der Waals surface area contributed by atoms with Crippen LogP contribution >= 0.6 is 0 Å². The van der Waals surface area contributed by atoms with Crippen molar-refractivity contribution in [3.05, 3.63) is 70.8 Å². The van der Waals surface area contributed by atoms with E-state index in [1.54, 1.807) is 12.1 Å². The molecule has 138 valence electrons. The van der Waals surface area contributed by atoms with E-state index < -0.39 is 18.4 Å². The number of rotatable bonds is 5. The van der Waals surface area contributed by atoms with Gasteiger partial charge in [-0.3, -0.25) is 0 Å². The average Bonchev–Trinajstić information content (AvgIpc) is 3.01. The van der Waals surface area contributed by atoms with E-state index in [-0.39, 0.29) is 5.71 Å². The molecule has 0 amide bonds. The van der Waals surface area contributed by atoms with E-state index in [2.05, 4.69) is 39.6 Å². The third kappa shape index (κ3) is 4.05. The Morgan fingerprint density at radius 3 is 2.08 bits per heavy atom. The number of oxime groups is 1. The summed E-state index contributed by atoms with van der Waals surface area (Å²) in [6.45, 7) is 3.39. The molecule has 7 heteroatoms. The maximum absolute atomic E-state index is 12.7. The standard InChI is InChI=1S/C19H19F3N2O2/c1-13-2-4-14(5-3-13)11-23-12-15-6-8-16(9-7-15)17-10-18(25,26-24-17)19(20,21)22/h2-9,23,25H,10-12H2,1H3. The Hall–Kier alpha value is -2.38. The van der Waals surface area contributed by atoms with Crippen LogP contribution in [0.5, 0.6) is 0 Å². The lowest BCUT2D eigenvalue weighted by molar-refractivity contribution is -0.355. The van der Waals surface area contributed by atoms with Crippen LogP contribution in [0.1, 0.15) is 28.7 Å². The summed E-state index contributed by atoms with van der Waals surface area (Å²) in [6, 6.07) is 15.2. The molecular formula is C19H19F3N2O2. The fraction of sp³-hybridized carbons (Fsp3) is 0.316. The van der Waals surface area contributed by atoms with E-state index in [1.807, 2.05) is 19.1 Å². The van der Waals surface area contributed by atoms with Gasteiger partial charge in [-0.25, -0.2) is 0 Å². The monoisotopic (exact) mass is 364 g/mol. The van der Waals surface area contributed by atoms with Gasteiger partial charge in [0.15, 0.2) is 0 Å². The molecule has 4 nitrogen and oxygen atoms in total. The SMILES string of the molecule is Cc1ccc(CNCc2ccc(C3=NOC(O)(C(F)(F)F)C3)cc2)cc1. The van der Waals surface area contributed by atoms with Gasteiger partial charge >= 0.3 is 12.0 Å². The molecular weight excluding hydrogens is 345 g/mol. The van der Waals surface area contributed by atoms with E-state index >= 15 is 0 Å². The number of hydrogen-bond donors (Lipinski definition) is 2. The lowest BCUT2D eigenvalue weighted by Gasteiger charge is -2.22. The van der Waals surface area contributed by atoms with Gasteiger partial charge in [-0.1, -0.05) is 59.3 Å². The Morgan fingerprint density at radius 1 is 1.04 bits per heavy atom. The maximum atomic E-state index is 12.7. The molecule has 0 aromatic heterocycles. The van der Waals surface area contributed by atoms with Crippen molar-refractivity contribution in [2.24, 2.45) is 5.16 Å². The Kier molecular flexibility index (Phi) is 5.02. The predicted molar refractivity (Wildman–Crippen MR) is 91.4 cm³/mol. The van der Waals surface area contributed by atoms with Gasteiger partial charge in [-0.15, -0.1) is 0 Å². The number of halogens is 3. The number of hydrogen-bond acceptors (Lipinski definition) is 4. The molecule has 0 bridgehead atoms. The zero-order chi connectivity index (χ0) is 18.8. The van der Waals surface area contributed by atoms with E-state index in [9.17, 15) is 18.3 Å². The van der Waals surface area contributed by atoms with Gasteiger partial charge in [-0.2, -0.15) is 13.2 Å². The highest BCUT2D eigenvalue weighted by molar-refractivity contribution is 6.01. The van der Waals surface area contributed by atoms with Crippen molar-refractivity contribution in [3.8, 4) is 0 Å². The molecule has 0 aliphatic carbocycles. The minimum atomic E-state index is -4.89. The largest absolute Gasteiger partial charge is 0.458 e. The maximum Gasteiger partial charge on any atom is 0.458 e. The van der Waals surface area contributed by atoms with Crippen LogP contribution in [0.4, 0.5) is 13.2 Å². The molecule has 1 aliphatic heterocycles. The summed E-state index contributed by atoms with van der Waals surface area (Å²) in [5.74, 6) is -3.24. The first-order valence-electron chi connectivity index (χ1n) is 8.16. The molecule has 3 rings (SSSR count). The van der Waals surface area contributed by atoms with Gasteiger partial charge < -0.3 is 15.3 Å². The number of nitrogens with one attached hydrogen (secondary N) is 1. The fourth-order valence-corrected chi connectivity index (χ4v) is 2.60. The summed E-state index contributed by atoms with van der Waals surface area (Å²) in [5.41, 5.74) is 3.94. The number of nitrogens with zero attached hydrogens (tertiary/aromatic N) is 1. The molecule has 2 N–H and O–H groups in total. The first-order chi connectivity index (χ1) is 12.3. The highest BCUT2D eigenvalue weighted by atomic mass is 19.4. The van der Waals surface area contributed by atoms with Gasteiger partial charge in [0.1, 0.15) is 0 Å². The van der Waals surface area contributed by atoms with Crippen molar-refractivity contribution in [1.29, 1.82) is 0 Å². The Bertz CT molecular complexity index is 786. The van der Waals surface area contributed by atoms with E-state index in [0.29, 0.717) is 12.1 Å². The number of alkyl halides is 3. The normalized spacial score (nSPS) is 20.0. The summed E-state index contributed by atoms with van der Waals surface area (Å²) in [5, 5.41) is 16.2. The van der Waals surface area contributed by atoms with Crippen LogP contribution in [-0.2, 0) is 17.9 Å². The minimum Gasteiger partial charge on any atom is -0.350 e. The van der Waals surface area contributed by atoms with Crippen molar-refractivity contribution in [3.63, 3.8) is 0 Å². The second kappa shape index (κ2) is 7.09. The van der Waals surface area contributed by atoms with Crippen LogP contribution in [-0.4, -0.2) is 22.8 Å². The molecule has 1 heterocycles. The van der Waals surface area contributed by atoms with Crippen molar-refractivity contribution < 1.29 is 23.1 Å². The Balaban J connectivity index is 1.55. The van der Waals surface area contributed by atoms with Gasteiger partial charge in [0.2, 0.25) is 0 Å². The summed E-state index contributed by atoms with van der Waals surface area (Å²) >= 11 is 0. The Labute approximate surface area is 149 Å². The average molecular weight is 364 g/mol. The van der Waals surface area contributed by atoms with Crippen LogP contribution in [0.25, 0.3) is 0 Å². The highest BCUT2D eigenvalue weighted by Gasteiger charge is 2.60. The zero-order valence-corrected chi connectivity index (χ0v) is 14.2. The molecule has 2 aromatic rings. The van der Waals surface area contributed by atoms with Gasteiger partial charge in [0.05, 0.1) is 12.1 Å². The van der Waals surface area contributed by atoms with Crippen LogP contribution in [0.2, 0.25) is 0 Å². The van der Waals surface area contributed by atoms with Gasteiger partial charge in [-0.05, 0) is 23.6 Å². The molecule has 1 atom stereocenters. The number of benzene rings is 2. The lowest BCUT2D eigenvalue weighted by Crippen LogP contribution is -2.45. The predicted octanol–water partition coefficient (Wildman–Crippen LogP) is 3.66. The van der Waals surface area contributed by atoms with Gasteiger partial charge in [0.25, 0.3) is 0 Å².